The number of nitrogens with one attached hydrogen (secondary N) is 2. The molecule has 3 rings (SSSR count). The van der Waals surface area contributed by atoms with E-state index in [9.17, 15) is 18.3 Å². The Hall–Kier alpha value is -3.30. The molecule has 0 fully saturated rings. The maximum Gasteiger partial charge on any atom is 0.255 e. The summed E-state index contributed by atoms with van der Waals surface area (Å²) in [7, 11) is -3.63. The molecule has 1 heterocycles. The van der Waals surface area contributed by atoms with Crippen molar-refractivity contribution in [2.75, 3.05) is 5.32 Å². The fourth-order valence-electron chi connectivity index (χ4n) is 2.59. The van der Waals surface area contributed by atoms with E-state index in [-0.39, 0.29) is 16.7 Å². The Labute approximate surface area is 175 Å². The van der Waals surface area contributed by atoms with Crippen LogP contribution in [0.5, 0.6) is 5.75 Å². The number of amides is 1. The lowest BCUT2D eigenvalue weighted by Crippen LogP contribution is -2.32. The van der Waals surface area contributed by atoms with Crippen molar-refractivity contribution in [3.8, 4) is 17.1 Å². The van der Waals surface area contributed by atoms with Gasteiger partial charge in [0.15, 0.2) is 5.82 Å². The predicted molar refractivity (Wildman–Crippen MR) is 114 cm³/mol. The summed E-state index contributed by atoms with van der Waals surface area (Å²) in [5.74, 6) is 0.105. The molecule has 3 N–H and O–H groups in total. The zero-order chi connectivity index (χ0) is 21.7. The smallest absolute Gasteiger partial charge is 0.255 e. The van der Waals surface area contributed by atoms with E-state index in [0.29, 0.717) is 29.1 Å². The SMILES string of the molecule is CCC(C)NS(=O)(=O)c1ccc(C(=O)Nc2cnc(-c3cccc(O)c3)nc2)cc1. The van der Waals surface area contributed by atoms with Gasteiger partial charge in [-0.1, -0.05) is 19.1 Å². The first-order valence-corrected chi connectivity index (χ1v) is 10.8. The second kappa shape index (κ2) is 9.02. The average Bonchev–Trinajstić information content (AvgIpc) is 2.74. The number of rotatable bonds is 7. The van der Waals surface area contributed by atoms with Gasteiger partial charge in [0.05, 0.1) is 23.0 Å². The summed E-state index contributed by atoms with van der Waals surface area (Å²) in [6.45, 7) is 3.67. The number of carbonyl (C=O) groups excluding carboxylic acids is 1. The number of anilines is 1. The number of hydrogen-bond donors (Lipinski definition) is 3. The summed E-state index contributed by atoms with van der Waals surface area (Å²) in [6.07, 6.45) is 3.59. The van der Waals surface area contributed by atoms with Crippen molar-refractivity contribution in [1.29, 1.82) is 0 Å². The van der Waals surface area contributed by atoms with E-state index in [2.05, 4.69) is 20.0 Å². The number of benzene rings is 2. The van der Waals surface area contributed by atoms with Crippen molar-refractivity contribution < 1.29 is 18.3 Å². The van der Waals surface area contributed by atoms with Gasteiger partial charge in [-0.15, -0.1) is 0 Å². The van der Waals surface area contributed by atoms with E-state index in [0.717, 1.165) is 0 Å². The lowest BCUT2D eigenvalue weighted by Gasteiger charge is -2.12. The second-order valence-corrected chi connectivity index (χ2v) is 8.47. The van der Waals surface area contributed by atoms with Crippen LogP contribution < -0.4 is 10.0 Å². The van der Waals surface area contributed by atoms with E-state index >= 15 is 0 Å². The summed E-state index contributed by atoms with van der Waals surface area (Å²) in [6, 6.07) is 12.0. The molecular weight excluding hydrogens is 404 g/mol. The summed E-state index contributed by atoms with van der Waals surface area (Å²) in [4.78, 5) is 20.9. The zero-order valence-corrected chi connectivity index (χ0v) is 17.3. The highest BCUT2D eigenvalue weighted by atomic mass is 32.2. The Bertz CT molecular complexity index is 1130. The quantitative estimate of drug-likeness (QED) is 0.533. The highest BCUT2D eigenvalue weighted by Gasteiger charge is 2.17. The van der Waals surface area contributed by atoms with Gasteiger partial charge in [-0.05, 0) is 49.7 Å². The van der Waals surface area contributed by atoms with E-state index in [1.54, 1.807) is 31.2 Å². The summed E-state index contributed by atoms with van der Waals surface area (Å²) in [5.41, 5.74) is 1.34. The molecule has 3 aromatic rings. The Morgan fingerprint density at radius 3 is 2.37 bits per heavy atom. The van der Waals surface area contributed by atoms with Gasteiger partial charge in [0.2, 0.25) is 10.0 Å². The highest BCUT2D eigenvalue weighted by molar-refractivity contribution is 7.89. The number of sulfonamides is 1. The molecule has 1 atom stereocenters. The van der Waals surface area contributed by atoms with Gasteiger partial charge < -0.3 is 10.4 Å². The molecule has 1 unspecified atom stereocenters. The lowest BCUT2D eigenvalue weighted by molar-refractivity contribution is 0.102. The molecule has 0 aliphatic carbocycles. The summed E-state index contributed by atoms with van der Waals surface area (Å²) < 4.78 is 27.2. The summed E-state index contributed by atoms with van der Waals surface area (Å²) in [5, 5.41) is 12.2. The second-order valence-electron chi connectivity index (χ2n) is 6.75. The van der Waals surface area contributed by atoms with Gasteiger partial charge in [-0.25, -0.2) is 23.1 Å². The van der Waals surface area contributed by atoms with Crippen LogP contribution >= 0.6 is 0 Å². The van der Waals surface area contributed by atoms with Gasteiger partial charge >= 0.3 is 0 Å². The largest absolute Gasteiger partial charge is 0.508 e. The minimum absolute atomic E-state index is 0.0955. The van der Waals surface area contributed by atoms with E-state index in [1.165, 1.54) is 36.7 Å². The van der Waals surface area contributed by atoms with E-state index in [4.69, 9.17) is 0 Å². The average molecular weight is 426 g/mol. The van der Waals surface area contributed by atoms with Crippen LogP contribution in [0.15, 0.2) is 65.8 Å². The zero-order valence-electron chi connectivity index (χ0n) is 16.5. The van der Waals surface area contributed by atoms with Crippen LogP contribution in [0.4, 0.5) is 5.69 Å². The van der Waals surface area contributed by atoms with Crippen LogP contribution in [0.2, 0.25) is 0 Å². The normalized spacial score (nSPS) is 12.3. The number of aromatic nitrogens is 2. The van der Waals surface area contributed by atoms with Crippen molar-refractivity contribution in [2.45, 2.75) is 31.2 Å². The standard InChI is InChI=1S/C21H22N4O4S/c1-3-14(2)25-30(28,29)19-9-7-15(8-10-19)21(27)24-17-12-22-20(23-13-17)16-5-4-6-18(26)11-16/h4-14,25-26H,3H2,1-2H3,(H,24,27). The van der Waals surface area contributed by atoms with Crippen molar-refractivity contribution in [2.24, 2.45) is 0 Å². The van der Waals surface area contributed by atoms with Gasteiger partial charge in [-0.2, -0.15) is 0 Å². The molecule has 1 aromatic heterocycles. The van der Waals surface area contributed by atoms with Gasteiger partial charge in [0.1, 0.15) is 5.75 Å². The van der Waals surface area contributed by atoms with Crippen LogP contribution in [0.3, 0.4) is 0 Å². The maximum atomic E-state index is 12.4. The highest BCUT2D eigenvalue weighted by Crippen LogP contribution is 2.20. The third kappa shape index (κ3) is 5.19. The number of aromatic hydroxyl groups is 1. The summed E-state index contributed by atoms with van der Waals surface area (Å²) >= 11 is 0. The molecule has 0 aliphatic heterocycles. The number of phenolic OH excluding ortho intramolecular Hbond substituents is 1. The fraction of sp³-hybridized carbons (Fsp3) is 0.190. The van der Waals surface area contributed by atoms with Gasteiger partial charge in [-0.3, -0.25) is 4.79 Å². The van der Waals surface area contributed by atoms with Crippen LogP contribution in [0.1, 0.15) is 30.6 Å². The van der Waals surface area contributed by atoms with Crippen LogP contribution in [0.25, 0.3) is 11.4 Å². The first-order valence-electron chi connectivity index (χ1n) is 9.33. The number of hydrogen-bond acceptors (Lipinski definition) is 6. The number of carbonyl (C=O) groups is 1. The number of nitrogens with zero attached hydrogens (tertiary/aromatic N) is 2. The van der Waals surface area contributed by atoms with E-state index < -0.39 is 15.9 Å². The third-order valence-electron chi connectivity index (χ3n) is 4.41. The van der Waals surface area contributed by atoms with Crippen LogP contribution in [-0.4, -0.2) is 35.4 Å². The first kappa shape index (κ1) is 21.4. The molecule has 0 radical (unpaired) electrons. The molecule has 156 valence electrons. The minimum atomic E-state index is -3.63. The molecule has 1 amide bonds. The minimum Gasteiger partial charge on any atom is -0.508 e. The third-order valence-corrected chi connectivity index (χ3v) is 6.02. The van der Waals surface area contributed by atoms with Crippen molar-refractivity contribution in [1.82, 2.24) is 14.7 Å². The van der Waals surface area contributed by atoms with Crippen molar-refractivity contribution >= 4 is 21.6 Å². The van der Waals surface area contributed by atoms with E-state index in [1.807, 2.05) is 6.92 Å². The Balaban J connectivity index is 1.69. The molecule has 8 nitrogen and oxygen atoms in total. The van der Waals surface area contributed by atoms with Crippen molar-refractivity contribution in [3.05, 3.63) is 66.5 Å². The molecule has 9 heteroatoms. The molecule has 0 aliphatic rings. The number of phenols is 1. The molecule has 2 aromatic carbocycles. The molecule has 0 saturated heterocycles. The molecular formula is C21H22N4O4S. The first-order chi connectivity index (χ1) is 14.3. The predicted octanol–water partition coefficient (Wildman–Crippen LogP) is 3.18. The monoisotopic (exact) mass is 426 g/mol. The maximum absolute atomic E-state index is 12.4. The van der Waals surface area contributed by atoms with Gasteiger partial charge in [0, 0.05) is 17.2 Å². The topological polar surface area (TPSA) is 121 Å². The van der Waals surface area contributed by atoms with Gasteiger partial charge in [0.25, 0.3) is 5.91 Å². The molecule has 0 saturated carbocycles. The Morgan fingerprint density at radius 2 is 1.77 bits per heavy atom. The van der Waals surface area contributed by atoms with Crippen molar-refractivity contribution in [3.63, 3.8) is 0 Å². The fourth-order valence-corrected chi connectivity index (χ4v) is 3.92. The Morgan fingerprint density at radius 1 is 1.10 bits per heavy atom. The molecule has 0 bridgehead atoms. The van der Waals surface area contributed by atoms with Crippen LogP contribution in [0, 0.1) is 0 Å². The molecule has 0 spiro atoms. The molecule has 30 heavy (non-hydrogen) atoms. The lowest BCUT2D eigenvalue weighted by atomic mass is 10.2. The Kier molecular flexibility index (Phi) is 6.43. The van der Waals surface area contributed by atoms with Crippen LogP contribution in [-0.2, 0) is 10.0 Å².